The number of nitrogens with zero attached hydrogens (tertiary/aromatic N) is 2. The Morgan fingerprint density at radius 3 is 2.65 bits per heavy atom. The van der Waals surface area contributed by atoms with Crippen LogP contribution < -0.4 is 10.6 Å². The van der Waals surface area contributed by atoms with E-state index in [-0.39, 0.29) is 5.91 Å². The van der Waals surface area contributed by atoms with Crippen LogP contribution >= 0.6 is 0 Å². The predicted octanol–water partition coefficient (Wildman–Crippen LogP) is 2.81. The Labute approximate surface area is 118 Å². The van der Waals surface area contributed by atoms with E-state index in [1.54, 1.807) is 41.3 Å². The van der Waals surface area contributed by atoms with Crippen LogP contribution in [0, 0.1) is 11.3 Å². The van der Waals surface area contributed by atoms with Crippen molar-refractivity contribution in [2.45, 2.75) is 6.92 Å². The Hall–Kier alpha value is -2.80. The number of nitrogen functional groups attached to an aromatic ring is 1. The average Bonchev–Trinajstić information content (AvgIpc) is 2.48. The topological polar surface area (TPSA) is 70.1 Å². The lowest BCUT2D eigenvalue weighted by Crippen LogP contribution is -2.30. The molecule has 0 bridgehead atoms. The van der Waals surface area contributed by atoms with Gasteiger partial charge in [-0.05, 0) is 43.3 Å². The van der Waals surface area contributed by atoms with Crippen molar-refractivity contribution in [3.05, 3.63) is 59.7 Å². The summed E-state index contributed by atoms with van der Waals surface area (Å²) in [5, 5.41) is 8.90. The van der Waals surface area contributed by atoms with Gasteiger partial charge in [0.25, 0.3) is 5.91 Å². The summed E-state index contributed by atoms with van der Waals surface area (Å²) in [5.74, 6) is -0.143. The molecule has 1 amide bonds. The van der Waals surface area contributed by atoms with Crippen molar-refractivity contribution in [3.8, 4) is 6.07 Å². The van der Waals surface area contributed by atoms with Crippen LogP contribution in [0.3, 0.4) is 0 Å². The third-order valence-electron chi connectivity index (χ3n) is 2.98. The number of amides is 1. The van der Waals surface area contributed by atoms with Gasteiger partial charge in [0.2, 0.25) is 0 Å². The Morgan fingerprint density at radius 1 is 1.25 bits per heavy atom. The molecule has 0 radical (unpaired) electrons. The number of carbonyl (C=O) groups excluding carboxylic acids is 1. The number of nitriles is 1. The van der Waals surface area contributed by atoms with E-state index in [1.165, 1.54) is 0 Å². The lowest BCUT2D eigenvalue weighted by Gasteiger charge is -2.21. The molecule has 100 valence electrons. The SMILES string of the molecule is CCN(C(=O)c1cccc(C#N)c1)c1cccc(N)c1. The molecule has 0 fully saturated rings. The average molecular weight is 265 g/mol. The van der Waals surface area contributed by atoms with Crippen molar-refractivity contribution < 1.29 is 4.79 Å². The van der Waals surface area contributed by atoms with Gasteiger partial charge in [0.1, 0.15) is 0 Å². The summed E-state index contributed by atoms with van der Waals surface area (Å²) < 4.78 is 0. The zero-order valence-corrected chi connectivity index (χ0v) is 11.2. The van der Waals surface area contributed by atoms with Crippen molar-refractivity contribution >= 4 is 17.3 Å². The second kappa shape index (κ2) is 5.89. The molecule has 0 saturated carbocycles. The summed E-state index contributed by atoms with van der Waals surface area (Å²) in [5.41, 5.74) is 8.08. The van der Waals surface area contributed by atoms with Gasteiger partial charge in [-0.25, -0.2) is 0 Å². The zero-order chi connectivity index (χ0) is 14.5. The van der Waals surface area contributed by atoms with Gasteiger partial charge in [0, 0.05) is 23.5 Å². The minimum Gasteiger partial charge on any atom is -0.399 e. The second-order valence-electron chi connectivity index (χ2n) is 4.34. The van der Waals surface area contributed by atoms with Crippen LogP contribution in [0.1, 0.15) is 22.8 Å². The molecule has 0 spiro atoms. The zero-order valence-electron chi connectivity index (χ0n) is 11.2. The quantitative estimate of drug-likeness (QED) is 0.867. The van der Waals surface area contributed by atoms with E-state index >= 15 is 0 Å². The third-order valence-corrected chi connectivity index (χ3v) is 2.98. The standard InChI is InChI=1S/C16H15N3O/c1-2-19(15-8-4-7-14(18)10-15)16(20)13-6-3-5-12(9-13)11-17/h3-10H,2,18H2,1H3. The number of hydrogen-bond acceptors (Lipinski definition) is 3. The highest BCUT2D eigenvalue weighted by Crippen LogP contribution is 2.20. The Kier molecular flexibility index (Phi) is 4.02. The van der Waals surface area contributed by atoms with Gasteiger partial charge >= 0.3 is 0 Å². The van der Waals surface area contributed by atoms with Crippen molar-refractivity contribution in [1.29, 1.82) is 5.26 Å². The van der Waals surface area contributed by atoms with E-state index in [4.69, 9.17) is 11.0 Å². The van der Waals surface area contributed by atoms with Gasteiger partial charge in [0.05, 0.1) is 11.6 Å². The number of anilines is 2. The van der Waals surface area contributed by atoms with Crippen molar-refractivity contribution in [1.82, 2.24) is 0 Å². The van der Waals surface area contributed by atoms with Crippen LogP contribution in [0.5, 0.6) is 0 Å². The first-order valence-corrected chi connectivity index (χ1v) is 6.33. The fourth-order valence-corrected chi connectivity index (χ4v) is 2.01. The molecule has 4 heteroatoms. The predicted molar refractivity (Wildman–Crippen MR) is 79.4 cm³/mol. The molecule has 2 rings (SSSR count). The molecular weight excluding hydrogens is 250 g/mol. The molecule has 0 aromatic heterocycles. The summed E-state index contributed by atoms with van der Waals surface area (Å²) in [6.07, 6.45) is 0. The van der Waals surface area contributed by atoms with Crippen LogP contribution in [0.15, 0.2) is 48.5 Å². The number of benzene rings is 2. The lowest BCUT2D eigenvalue weighted by molar-refractivity contribution is 0.0988. The molecule has 0 aliphatic rings. The summed E-state index contributed by atoms with van der Waals surface area (Å²) in [6.45, 7) is 2.42. The van der Waals surface area contributed by atoms with E-state index in [9.17, 15) is 4.79 Å². The highest BCUT2D eigenvalue weighted by molar-refractivity contribution is 6.06. The Bertz CT molecular complexity index is 673. The van der Waals surface area contributed by atoms with Crippen LogP contribution in [0.25, 0.3) is 0 Å². The minimum absolute atomic E-state index is 0.143. The number of hydrogen-bond donors (Lipinski definition) is 1. The van der Waals surface area contributed by atoms with Gasteiger partial charge in [0.15, 0.2) is 0 Å². The van der Waals surface area contributed by atoms with E-state index < -0.39 is 0 Å². The minimum atomic E-state index is -0.143. The maximum absolute atomic E-state index is 12.5. The molecule has 0 heterocycles. The van der Waals surface area contributed by atoms with Crippen molar-refractivity contribution in [2.75, 3.05) is 17.2 Å². The van der Waals surface area contributed by atoms with Crippen molar-refractivity contribution in [3.63, 3.8) is 0 Å². The molecule has 2 aromatic rings. The van der Waals surface area contributed by atoms with E-state index in [2.05, 4.69) is 0 Å². The van der Waals surface area contributed by atoms with Gasteiger partial charge in [-0.3, -0.25) is 4.79 Å². The Morgan fingerprint density at radius 2 is 2.00 bits per heavy atom. The van der Waals surface area contributed by atoms with Gasteiger partial charge in [-0.2, -0.15) is 5.26 Å². The van der Waals surface area contributed by atoms with Crippen LogP contribution in [-0.2, 0) is 0 Å². The van der Waals surface area contributed by atoms with E-state index in [0.29, 0.717) is 23.4 Å². The fourth-order valence-electron chi connectivity index (χ4n) is 2.01. The van der Waals surface area contributed by atoms with Gasteiger partial charge < -0.3 is 10.6 Å². The molecule has 0 aliphatic heterocycles. The Balaban J connectivity index is 2.36. The van der Waals surface area contributed by atoms with E-state index in [1.807, 2.05) is 25.1 Å². The largest absolute Gasteiger partial charge is 0.399 e. The van der Waals surface area contributed by atoms with Gasteiger partial charge in [-0.15, -0.1) is 0 Å². The molecular formula is C16H15N3O. The molecule has 20 heavy (non-hydrogen) atoms. The van der Waals surface area contributed by atoms with Crippen LogP contribution in [0.2, 0.25) is 0 Å². The normalized spacial score (nSPS) is 9.80. The summed E-state index contributed by atoms with van der Waals surface area (Å²) in [4.78, 5) is 14.2. The summed E-state index contributed by atoms with van der Waals surface area (Å²) >= 11 is 0. The summed E-state index contributed by atoms with van der Waals surface area (Å²) in [6, 6.07) is 15.9. The highest BCUT2D eigenvalue weighted by Gasteiger charge is 2.16. The van der Waals surface area contributed by atoms with Crippen LogP contribution in [0.4, 0.5) is 11.4 Å². The molecule has 2 N–H and O–H groups in total. The number of nitrogens with two attached hydrogens (primary N) is 1. The van der Waals surface area contributed by atoms with Crippen LogP contribution in [-0.4, -0.2) is 12.5 Å². The molecule has 0 unspecified atom stereocenters. The highest BCUT2D eigenvalue weighted by atomic mass is 16.2. The molecule has 0 aliphatic carbocycles. The lowest BCUT2D eigenvalue weighted by atomic mass is 10.1. The monoisotopic (exact) mass is 265 g/mol. The molecule has 0 saturated heterocycles. The van der Waals surface area contributed by atoms with E-state index in [0.717, 1.165) is 5.69 Å². The maximum Gasteiger partial charge on any atom is 0.258 e. The molecule has 4 nitrogen and oxygen atoms in total. The first kappa shape index (κ1) is 13.6. The molecule has 0 atom stereocenters. The number of carbonyl (C=O) groups is 1. The maximum atomic E-state index is 12.5. The third kappa shape index (κ3) is 2.78. The first-order valence-electron chi connectivity index (χ1n) is 6.33. The smallest absolute Gasteiger partial charge is 0.258 e. The summed E-state index contributed by atoms with van der Waals surface area (Å²) in [7, 11) is 0. The van der Waals surface area contributed by atoms with Gasteiger partial charge in [-0.1, -0.05) is 12.1 Å². The first-order chi connectivity index (χ1) is 9.65. The second-order valence-corrected chi connectivity index (χ2v) is 4.34. The fraction of sp³-hybridized carbons (Fsp3) is 0.125. The van der Waals surface area contributed by atoms with Crippen molar-refractivity contribution in [2.24, 2.45) is 0 Å². The molecule has 2 aromatic carbocycles. The number of rotatable bonds is 3.